The van der Waals surface area contributed by atoms with Gasteiger partial charge in [-0.05, 0) is 12.8 Å². The van der Waals surface area contributed by atoms with Crippen LogP contribution < -0.4 is 0 Å². The van der Waals surface area contributed by atoms with Crippen LogP contribution in [0.15, 0.2) is 0 Å². The summed E-state index contributed by atoms with van der Waals surface area (Å²) in [6, 6.07) is 0. The first kappa shape index (κ1) is 11.5. The van der Waals surface area contributed by atoms with Crippen molar-refractivity contribution in [2.45, 2.75) is 38.2 Å². The molecule has 0 saturated heterocycles. The Hall–Kier alpha value is -0.610. The van der Waals surface area contributed by atoms with E-state index >= 15 is 0 Å². The molecule has 1 aliphatic rings. The van der Waals surface area contributed by atoms with Gasteiger partial charge in [0, 0.05) is 0 Å². The SMILES string of the molecule is O=C(OC(CO)CO)C1CCCCC1. The van der Waals surface area contributed by atoms with Gasteiger partial charge in [-0.1, -0.05) is 19.3 Å². The molecule has 4 heteroatoms. The molecule has 0 unspecified atom stereocenters. The summed E-state index contributed by atoms with van der Waals surface area (Å²) < 4.78 is 4.95. The van der Waals surface area contributed by atoms with Crippen LogP contribution in [0.5, 0.6) is 0 Å². The summed E-state index contributed by atoms with van der Waals surface area (Å²) in [6.45, 7) is -0.621. The van der Waals surface area contributed by atoms with Gasteiger partial charge in [0.05, 0.1) is 19.1 Å². The van der Waals surface area contributed by atoms with E-state index < -0.39 is 6.10 Å². The summed E-state index contributed by atoms with van der Waals surface area (Å²) in [4.78, 5) is 11.5. The van der Waals surface area contributed by atoms with Gasteiger partial charge in [0.1, 0.15) is 6.10 Å². The Morgan fingerprint density at radius 1 is 1.21 bits per heavy atom. The van der Waals surface area contributed by atoms with Crippen molar-refractivity contribution in [1.82, 2.24) is 0 Å². The molecule has 0 bridgehead atoms. The number of carbonyl (C=O) groups excluding carboxylic acids is 1. The molecule has 0 atom stereocenters. The van der Waals surface area contributed by atoms with Crippen LogP contribution in [-0.2, 0) is 9.53 Å². The molecule has 0 amide bonds. The van der Waals surface area contributed by atoms with Crippen LogP contribution >= 0.6 is 0 Å². The quantitative estimate of drug-likeness (QED) is 0.650. The third-order valence-electron chi connectivity index (χ3n) is 2.63. The fraction of sp³-hybridized carbons (Fsp3) is 0.900. The molecule has 0 spiro atoms. The van der Waals surface area contributed by atoms with E-state index in [1.165, 1.54) is 6.42 Å². The van der Waals surface area contributed by atoms with E-state index in [1.54, 1.807) is 0 Å². The van der Waals surface area contributed by atoms with E-state index in [0.717, 1.165) is 25.7 Å². The molecule has 1 rings (SSSR count). The molecule has 0 aromatic rings. The number of hydrogen-bond donors (Lipinski definition) is 2. The molecule has 0 radical (unpaired) electrons. The molecule has 1 saturated carbocycles. The Labute approximate surface area is 83.9 Å². The first-order chi connectivity index (χ1) is 6.77. The lowest BCUT2D eigenvalue weighted by molar-refractivity contribution is -0.159. The van der Waals surface area contributed by atoms with Crippen LogP contribution in [0.4, 0.5) is 0 Å². The first-order valence-electron chi connectivity index (χ1n) is 5.20. The van der Waals surface area contributed by atoms with Crippen molar-refractivity contribution in [1.29, 1.82) is 0 Å². The summed E-state index contributed by atoms with van der Waals surface area (Å²) in [5.41, 5.74) is 0. The van der Waals surface area contributed by atoms with Crippen LogP contribution in [0.3, 0.4) is 0 Å². The molecule has 2 N–H and O–H groups in total. The van der Waals surface area contributed by atoms with E-state index in [1.807, 2.05) is 0 Å². The monoisotopic (exact) mass is 202 g/mol. The van der Waals surface area contributed by atoms with Crippen molar-refractivity contribution in [3.05, 3.63) is 0 Å². The summed E-state index contributed by atoms with van der Waals surface area (Å²) >= 11 is 0. The van der Waals surface area contributed by atoms with Crippen molar-refractivity contribution in [2.24, 2.45) is 5.92 Å². The maximum atomic E-state index is 11.5. The average Bonchev–Trinajstić information content (AvgIpc) is 2.26. The smallest absolute Gasteiger partial charge is 0.309 e. The Morgan fingerprint density at radius 3 is 2.29 bits per heavy atom. The number of esters is 1. The van der Waals surface area contributed by atoms with Crippen LogP contribution in [-0.4, -0.2) is 35.5 Å². The Kier molecular flexibility index (Phi) is 4.90. The molecule has 0 aromatic heterocycles. The van der Waals surface area contributed by atoms with Gasteiger partial charge in [-0.15, -0.1) is 0 Å². The van der Waals surface area contributed by atoms with Crippen LogP contribution in [0, 0.1) is 5.92 Å². The van der Waals surface area contributed by atoms with Gasteiger partial charge in [0.2, 0.25) is 0 Å². The summed E-state index contributed by atoms with van der Waals surface area (Å²) in [5, 5.41) is 17.5. The highest BCUT2D eigenvalue weighted by Crippen LogP contribution is 2.24. The third-order valence-corrected chi connectivity index (χ3v) is 2.63. The van der Waals surface area contributed by atoms with E-state index in [9.17, 15) is 4.79 Å². The molecule has 0 heterocycles. The topological polar surface area (TPSA) is 66.8 Å². The predicted octanol–water partition coefficient (Wildman–Crippen LogP) is 0.463. The Morgan fingerprint density at radius 2 is 1.79 bits per heavy atom. The lowest BCUT2D eigenvalue weighted by atomic mass is 9.89. The van der Waals surface area contributed by atoms with Gasteiger partial charge in [0.25, 0.3) is 0 Å². The standard InChI is InChI=1S/C10H18O4/c11-6-9(7-12)14-10(13)8-4-2-1-3-5-8/h8-9,11-12H,1-7H2. The van der Waals surface area contributed by atoms with Crippen molar-refractivity contribution < 1.29 is 19.7 Å². The van der Waals surface area contributed by atoms with Gasteiger partial charge in [-0.2, -0.15) is 0 Å². The van der Waals surface area contributed by atoms with Gasteiger partial charge >= 0.3 is 5.97 Å². The fourth-order valence-electron chi connectivity index (χ4n) is 1.73. The zero-order valence-electron chi connectivity index (χ0n) is 8.32. The maximum absolute atomic E-state index is 11.5. The normalized spacial score (nSPS) is 18.5. The van der Waals surface area contributed by atoms with Gasteiger partial charge in [-0.3, -0.25) is 4.79 Å². The van der Waals surface area contributed by atoms with E-state index in [0.29, 0.717) is 0 Å². The number of carbonyl (C=O) groups is 1. The molecule has 0 aromatic carbocycles. The fourth-order valence-corrected chi connectivity index (χ4v) is 1.73. The predicted molar refractivity (Wildman–Crippen MR) is 50.6 cm³/mol. The van der Waals surface area contributed by atoms with Gasteiger partial charge in [0.15, 0.2) is 0 Å². The van der Waals surface area contributed by atoms with Gasteiger partial charge in [-0.25, -0.2) is 0 Å². The molecule has 1 aliphatic carbocycles. The molecular formula is C10H18O4. The molecule has 0 aliphatic heterocycles. The minimum absolute atomic E-state index is 0.0238. The number of aliphatic hydroxyl groups excluding tert-OH is 2. The minimum Gasteiger partial charge on any atom is -0.457 e. The number of ether oxygens (including phenoxy) is 1. The lowest BCUT2D eigenvalue weighted by Gasteiger charge is -2.22. The number of rotatable bonds is 4. The average molecular weight is 202 g/mol. The summed E-state index contributed by atoms with van der Waals surface area (Å²) in [5.74, 6) is -0.290. The lowest BCUT2D eigenvalue weighted by Crippen LogP contribution is -2.30. The van der Waals surface area contributed by atoms with E-state index in [4.69, 9.17) is 14.9 Å². The molecule has 82 valence electrons. The number of aliphatic hydroxyl groups is 2. The van der Waals surface area contributed by atoms with Crippen LogP contribution in [0.1, 0.15) is 32.1 Å². The Balaban J connectivity index is 2.32. The van der Waals surface area contributed by atoms with Crippen molar-refractivity contribution >= 4 is 5.97 Å². The van der Waals surface area contributed by atoms with Crippen molar-refractivity contribution in [3.63, 3.8) is 0 Å². The second-order valence-electron chi connectivity index (χ2n) is 3.76. The maximum Gasteiger partial charge on any atom is 0.309 e. The second kappa shape index (κ2) is 5.98. The van der Waals surface area contributed by atoms with Crippen molar-refractivity contribution in [3.8, 4) is 0 Å². The molecule has 1 fully saturated rings. The van der Waals surface area contributed by atoms with Crippen LogP contribution in [0.2, 0.25) is 0 Å². The molecular weight excluding hydrogens is 184 g/mol. The third kappa shape index (κ3) is 3.27. The largest absolute Gasteiger partial charge is 0.457 e. The summed E-state index contributed by atoms with van der Waals surface area (Å²) in [6.07, 6.45) is 4.34. The Bertz CT molecular complexity index is 171. The second-order valence-corrected chi connectivity index (χ2v) is 3.76. The zero-order chi connectivity index (χ0) is 10.4. The molecule has 14 heavy (non-hydrogen) atoms. The van der Waals surface area contributed by atoms with E-state index in [2.05, 4.69) is 0 Å². The highest BCUT2D eigenvalue weighted by molar-refractivity contribution is 5.72. The minimum atomic E-state index is -0.746. The highest BCUT2D eigenvalue weighted by atomic mass is 16.6. The first-order valence-corrected chi connectivity index (χ1v) is 5.20. The number of hydrogen-bond acceptors (Lipinski definition) is 4. The van der Waals surface area contributed by atoms with E-state index in [-0.39, 0.29) is 25.1 Å². The van der Waals surface area contributed by atoms with Crippen molar-refractivity contribution in [2.75, 3.05) is 13.2 Å². The molecule has 4 nitrogen and oxygen atoms in total. The highest BCUT2D eigenvalue weighted by Gasteiger charge is 2.24. The van der Waals surface area contributed by atoms with Crippen LogP contribution in [0.25, 0.3) is 0 Å². The zero-order valence-corrected chi connectivity index (χ0v) is 8.32. The van der Waals surface area contributed by atoms with Gasteiger partial charge < -0.3 is 14.9 Å². The summed E-state index contributed by atoms with van der Waals surface area (Å²) in [7, 11) is 0.